The standard InChI is InChI=1S/C23H27NO3/c1-22(2)13-23(3,15-25)14-24(22)21(26)27-12-20-18-10-6-4-8-16(18)17-9-5-7-11-19(17)20/h4-11,20,25H,12-15H2,1-3H3. The predicted octanol–water partition coefficient (Wildman–Crippen LogP) is 4.42. The lowest BCUT2D eigenvalue weighted by Gasteiger charge is -2.31. The average Bonchev–Trinajstić information content (AvgIpc) is 3.11. The van der Waals surface area contributed by atoms with Crippen molar-refractivity contribution in [3.05, 3.63) is 59.7 Å². The third kappa shape index (κ3) is 3.02. The van der Waals surface area contributed by atoms with Crippen molar-refractivity contribution in [3.8, 4) is 11.1 Å². The molecule has 1 amide bonds. The van der Waals surface area contributed by atoms with Gasteiger partial charge < -0.3 is 14.7 Å². The van der Waals surface area contributed by atoms with Gasteiger partial charge in [-0.25, -0.2) is 4.79 Å². The molecule has 0 saturated carbocycles. The molecule has 1 unspecified atom stereocenters. The van der Waals surface area contributed by atoms with Gasteiger partial charge in [0.05, 0.1) is 6.61 Å². The van der Waals surface area contributed by atoms with E-state index in [9.17, 15) is 9.90 Å². The van der Waals surface area contributed by atoms with Gasteiger partial charge in [0.25, 0.3) is 0 Å². The quantitative estimate of drug-likeness (QED) is 0.876. The van der Waals surface area contributed by atoms with Crippen LogP contribution in [-0.4, -0.2) is 41.4 Å². The minimum atomic E-state index is -0.319. The van der Waals surface area contributed by atoms with E-state index >= 15 is 0 Å². The normalized spacial score (nSPS) is 23.2. The molecule has 2 aromatic carbocycles. The van der Waals surface area contributed by atoms with Crippen molar-refractivity contribution in [1.29, 1.82) is 0 Å². The van der Waals surface area contributed by atoms with Gasteiger partial charge in [-0.2, -0.15) is 0 Å². The number of hydrogen-bond donors (Lipinski definition) is 1. The number of hydrogen-bond acceptors (Lipinski definition) is 3. The highest BCUT2D eigenvalue weighted by Gasteiger charge is 2.48. The Labute approximate surface area is 160 Å². The molecule has 1 fully saturated rings. The number of nitrogens with zero attached hydrogens (tertiary/aromatic N) is 1. The van der Waals surface area contributed by atoms with Gasteiger partial charge in [0.2, 0.25) is 0 Å². The van der Waals surface area contributed by atoms with Gasteiger partial charge in [-0.1, -0.05) is 55.5 Å². The number of amides is 1. The summed E-state index contributed by atoms with van der Waals surface area (Å²) in [6.45, 7) is 7.02. The van der Waals surface area contributed by atoms with E-state index in [1.54, 1.807) is 4.90 Å². The zero-order chi connectivity index (χ0) is 19.2. The molecule has 0 bridgehead atoms. The van der Waals surface area contributed by atoms with E-state index in [0.717, 1.165) is 6.42 Å². The van der Waals surface area contributed by atoms with Crippen LogP contribution < -0.4 is 0 Å². The summed E-state index contributed by atoms with van der Waals surface area (Å²) in [5, 5.41) is 9.70. The SMILES string of the molecule is CC1(CO)CN(C(=O)OCC2c3ccccc3-c3ccccc32)C(C)(C)C1. The first-order valence-electron chi connectivity index (χ1n) is 9.58. The fraction of sp³-hybridized carbons (Fsp3) is 0.435. The van der Waals surface area contributed by atoms with Crippen LogP contribution in [0.3, 0.4) is 0 Å². The lowest BCUT2D eigenvalue weighted by Crippen LogP contribution is -2.43. The highest BCUT2D eigenvalue weighted by molar-refractivity contribution is 5.79. The van der Waals surface area contributed by atoms with E-state index in [-0.39, 0.29) is 29.6 Å². The van der Waals surface area contributed by atoms with Crippen molar-refractivity contribution in [1.82, 2.24) is 4.90 Å². The number of aliphatic hydroxyl groups is 1. The Morgan fingerprint density at radius 2 is 1.63 bits per heavy atom. The van der Waals surface area contributed by atoms with Crippen LogP contribution in [0.1, 0.15) is 44.2 Å². The Balaban J connectivity index is 1.53. The topological polar surface area (TPSA) is 49.8 Å². The van der Waals surface area contributed by atoms with Crippen LogP contribution in [0.4, 0.5) is 4.79 Å². The third-order valence-corrected chi connectivity index (χ3v) is 6.07. The Hall–Kier alpha value is -2.33. The van der Waals surface area contributed by atoms with Crippen molar-refractivity contribution < 1.29 is 14.6 Å². The molecule has 2 aromatic rings. The summed E-state index contributed by atoms with van der Waals surface area (Å²) in [5.41, 5.74) is 4.29. The Morgan fingerprint density at radius 1 is 1.07 bits per heavy atom. The van der Waals surface area contributed by atoms with E-state index in [0.29, 0.717) is 13.2 Å². The second kappa shape index (κ2) is 6.38. The number of benzene rings is 2. The summed E-state index contributed by atoms with van der Waals surface area (Å²) >= 11 is 0. The van der Waals surface area contributed by atoms with E-state index < -0.39 is 0 Å². The lowest BCUT2D eigenvalue weighted by molar-refractivity contribution is 0.0757. The Bertz CT molecular complexity index is 830. The summed E-state index contributed by atoms with van der Waals surface area (Å²) in [6, 6.07) is 16.7. The molecule has 1 aliphatic heterocycles. The Kier molecular flexibility index (Phi) is 4.26. The summed E-state index contributed by atoms with van der Waals surface area (Å²) in [5.74, 6) is 0.0660. The largest absolute Gasteiger partial charge is 0.448 e. The number of rotatable bonds is 3. The number of carbonyl (C=O) groups is 1. The van der Waals surface area contributed by atoms with Crippen molar-refractivity contribution in [2.75, 3.05) is 19.8 Å². The van der Waals surface area contributed by atoms with Crippen molar-refractivity contribution in [2.24, 2.45) is 5.41 Å². The van der Waals surface area contributed by atoms with Crippen LogP contribution in [0, 0.1) is 5.41 Å². The van der Waals surface area contributed by atoms with Crippen molar-refractivity contribution >= 4 is 6.09 Å². The second-order valence-corrected chi connectivity index (χ2v) is 8.85. The van der Waals surface area contributed by atoms with Gasteiger partial charge in [0.1, 0.15) is 6.61 Å². The van der Waals surface area contributed by atoms with Crippen LogP contribution in [0.2, 0.25) is 0 Å². The van der Waals surface area contributed by atoms with Crippen molar-refractivity contribution in [3.63, 3.8) is 0 Å². The molecule has 1 heterocycles. The van der Waals surface area contributed by atoms with Crippen LogP contribution in [0.25, 0.3) is 11.1 Å². The van der Waals surface area contributed by atoms with Gasteiger partial charge in [0, 0.05) is 23.4 Å². The predicted molar refractivity (Wildman–Crippen MR) is 106 cm³/mol. The number of ether oxygens (including phenoxy) is 1. The first-order chi connectivity index (χ1) is 12.8. The molecule has 1 saturated heterocycles. The molecule has 1 N–H and O–H groups in total. The van der Waals surface area contributed by atoms with E-state index in [2.05, 4.69) is 24.3 Å². The van der Waals surface area contributed by atoms with Crippen LogP contribution in [0.15, 0.2) is 48.5 Å². The minimum absolute atomic E-state index is 0.0660. The van der Waals surface area contributed by atoms with Gasteiger partial charge >= 0.3 is 6.09 Å². The highest BCUT2D eigenvalue weighted by atomic mass is 16.6. The molecule has 4 heteroatoms. The molecule has 4 rings (SSSR count). The summed E-state index contributed by atoms with van der Waals surface area (Å²) in [4.78, 5) is 14.6. The third-order valence-electron chi connectivity index (χ3n) is 6.07. The fourth-order valence-corrected chi connectivity index (χ4v) is 4.88. The first kappa shape index (κ1) is 18.1. The summed E-state index contributed by atoms with van der Waals surface area (Å²) in [7, 11) is 0. The summed E-state index contributed by atoms with van der Waals surface area (Å²) < 4.78 is 5.80. The number of fused-ring (bicyclic) bond motifs is 3. The molecule has 0 radical (unpaired) electrons. The van der Waals surface area contributed by atoms with Crippen LogP contribution >= 0.6 is 0 Å². The maximum atomic E-state index is 12.9. The van der Waals surface area contributed by atoms with Crippen LogP contribution in [-0.2, 0) is 4.74 Å². The maximum Gasteiger partial charge on any atom is 0.410 e. The van der Waals surface area contributed by atoms with Gasteiger partial charge in [-0.3, -0.25) is 0 Å². The number of carbonyl (C=O) groups excluding carboxylic acids is 1. The lowest BCUT2D eigenvalue weighted by atomic mass is 9.85. The van der Waals surface area contributed by atoms with E-state index in [1.807, 2.05) is 45.0 Å². The van der Waals surface area contributed by atoms with Crippen molar-refractivity contribution in [2.45, 2.75) is 38.6 Å². The zero-order valence-electron chi connectivity index (χ0n) is 16.2. The van der Waals surface area contributed by atoms with Gasteiger partial charge in [-0.15, -0.1) is 0 Å². The summed E-state index contributed by atoms with van der Waals surface area (Å²) in [6.07, 6.45) is 0.472. The number of aliphatic hydroxyl groups excluding tert-OH is 1. The second-order valence-electron chi connectivity index (χ2n) is 8.85. The van der Waals surface area contributed by atoms with Crippen LogP contribution in [0.5, 0.6) is 0 Å². The highest BCUT2D eigenvalue weighted by Crippen LogP contribution is 2.45. The molecular weight excluding hydrogens is 338 g/mol. The number of likely N-dealkylation sites (tertiary alicyclic amines) is 1. The minimum Gasteiger partial charge on any atom is -0.448 e. The smallest absolute Gasteiger partial charge is 0.410 e. The molecule has 4 nitrogen and oxygen atoms in total. The molecule has 27 heavy (non-hydrogen) atoms. The van der Waals surface area contributed by atoms with E-state index in [4.69, 9.17) is 4.74 Å². The molecule has 142 valence electrons. The zero-order valence-corrected chi connectivity index (χ0v) is 16.2. The molecule has 1 aliphatic carbocycles. The molecule has 1 atom stereocenters. The average molecular weight is 365 g/mol. The molecule has 0 spiro atoms. The maximum absolute atomic E-state index is 12.9. The first-order valence-corrected chi connectivity index (χ1v) is 9.58. The molecular formula is C23H27NO3. The molecule has 2 aliphatic rings. The fourth-order valence-electron chi connectivity index (χ4n) is 4.88. The monoisotopic (exact) mass is 365 g/mol. The van der Waals surface area contributed by atoms with Gasteiger partial charge in [0.15, 0.2) is 0 Å². The van der Waals surface area contributed by atoms with Gasteiger partial charge in [-0.05, 0) is 42.5 Å². The van der Waals surface area contributed by atoms with E-state index in [1.165, 1.54) is 22.3 Å². The Morgan fingerprint density at radius 3 is 2.15 bits per heavy atom. The molecule has 0 aromatic heterocycles.